The highest BCUT2D eigenvalue weighted by molar-refractivity contribution is 5.66. The molecule has 2 heterocycles. The van der Waals surface area contributed by atoms with Crippen molar-refractivity contribution in [2.24, 2.45) is 0 Å². The van der Waals surface area contributed by atoms with Gasteiger partial charge in [0, 0.05) is 56.8 Å². The molecule has 0 aliphatic heterocycles. The largest absolute Gasteiger partial charge is 0.378 e. The topological polar surface area (TPSA) is 73.0 Å². The molecule has 0 spiro atoms. The molecule has 0 fully saturated rings. The van der Waals surface area contributed by atoms with Gasteiger partial charge in [0.1, 0.15) is 11.6 Å². The standard InChI is InChI=1S/C21H29N7/c1-6-7-12-28(5)20-14-18(22-19-13-15(2)25-26-19)23-21(24-20)16-8-10-17(11-9-16)27(3)4/h8-11,13-14H,6-7,12H2,1-5H3,(H2,22,23,24,25,26). The molecular formula is C21H29N7. The summed E-state index contributed by atoms with van der Waals surface area (Å²) >= 11 is 0. The van der Waals surface area contributed by atoms with Crippen LogP contribution in [-0.4, -0.2) is 47.9 Å². The molecule has 0 saturated heterocycles. The number of aromatic amines is 1. The quantitative estimate of drug-likeness (QED) is 0.610. The second-order valence-corrected chi connectivity index (χ2v) is 7.21. The molecule has 0 aliphatic rings. The zero-order valence-corrected chi connectivity index (χ0v) is 17.3. The van der Waals surface area contributed by atoms with Crippen molar-refractivity contribution in [1.29, 1.82) is 0 Å². The molecule has 2 N–H and O–H groups in total. The maximum Gasteiger partial charge on any atom is 0.163 e. The first-order valence-corrected chi connectivity index (χ1v) is 9.63. The van der Waals surface area contributed by atoms with Crippen molar-refractivity contribution in [2.75, 3.05) is 42.8 Å². The second-order valence-electron chi connectivity index (χ2n) is 7.21. The van der Waals surface area contributed by atoms with E-state index in [4.69, 9.17) is 9.97 Å². The van der Waals surface area contributed by atoms with Crippen LogP contribution in [0.1, 0.15) is 25.5 Å². The van der Waals surface area contributed by atoms with Gasteiger partial charge in [-0.15, -0.1) is 0 Å². The first kappa shape index (κ1) is 19.7. The Labute approximate surface area is 166 Å². The van der Waals surface area contributed by atoms with Gasteiger partial charge >= 0.3 is 0 Å². The summed E-state index contributed by atoms with van der Waals surface area (Å²) in [5.74, 6) is 3.06. The summed E-state index contributed by atoms with van der Waals surface area (Å²) in [5.41, 5.74) is 3.12. The normalized spacial score (nSPS) is 10.8. The van der Waals surface area contributed by atoms with E-state index >= 15 is 0 Å². The molecule has 2 aromatic heterocycles. The van der Waals surface area contributed by atoms with Crippen LogP contribution in [0, 0.1) is 6.92 Å². The highest BCUT2D eigenvalue weighted by Crippen LogP contribution is 2.25. The Morgan fingerprint density at radius 2 is 1.75 bits per heavy atom. The zero-order valence-electron chi connectivity index (χ0n) is 17.3. The molecular weight excluding hydrogens is 350 g/mol. The fraction of sp³-hybridized carbons (Fsp3) is 0.381. The number of hydrogen-bond donors (Lipinski definition) is 2. The predicted molar refractivity (Wildman–Crippen MR) is 117 cm³/mol. The van der Waals surface area contributed by atoms with Crippen LogP contribution >= 0.6 is 0 Å². The van der Waals surface area contributed by atoms with Crippen molar-refractivity contribution in [3.05, 3.63) is 42.1 Å². The molecule has 3 rings (SSSR count). The molecule has 0 unspecified atom stereocenters. The molecule has 7 nitrogen and oxygen atoms in total. The van der Waals surface area contributed by atoms with Crippen molar-refractivity contribution in [3.63, 3.8) is 0 Å². The van der Waals surface area contributed by atoms with Gasteiger partial charge < -0.3 is 15.1 Å². The number of benzene rings is 1. The average Bonchev–Trinajstić information content (AvgIpc) is 3.10. The van der Waals surface area contributed by atoms with Crippen molar-refractivity contribution >= 4 is 23.1 Å². The minimum atomic E-state index is 0.695. The van der Waals surface area contributed by atoms with Crippen LogP contribution in [-0.2, 0) is 0 Å². The highest BCUT2D eigenvalue weighted by Gasteiger charge is 2.12. The van der Waals surface area contributed by atoms with Gasteiger partial charge in [-0.3, -0.25) is 5.10 Å². The molecule has 0 saturated carbocycles. The smallest absolute Gasteiger partial charge is 0.163 e. The summed E-state index contributed by atoms with van der Waals surface area (Å²) in [6, 6.07) is 12.2. The molecule has 0 amide bonds. The monoisotopic (exact) mass is 379 g/mol. The summed E-state index contributed by atoms with van der Waals surface area (Å²) in [5, 5.41) is 10.5. The first-order chi connectivity index (χ1) is 13.5. The Kier molecular flexibility index (Phi) is 6.13. The van der Waals surface area contributed by atoms with E-state index in [1.165, 1.54) is 0 Å². The third-order valence-corrected chi connectivity index (χ3v) is 4.55. The average molecular weight is 380 g/mol. The van der Waals surface area contributed by atoms with Crippen molar-refractivity contribution in [3.8, 4) is 11.4 Å². The number of nitrogens with zero attached hydrogens (tertiary/aromatic N) is 5. The van der Waals surface area contributed by atoms with Crippen LogP contribution in [0.15, 0.2) is 36.4 Å². The third kappa shape index (κ3) is 4.79. The van der Waals surface area contributed by atoms with Crippen LogP contribution < -0.4 is 15.1 Å². The van der Waals surface area contributed by atoms with E-state index in [-0.39, 0.29) is 0 Å². The van der Waals surface area contributed by atoms with Gasteiger partial charge in [-0.25, -0.2) is 9.97 Å². The van der Waals surface area contributed by atoms with Crippen LogP contribution in [0.3, 0.4) is 0 Å². The van der Waals surface area contributed by atoms with Gasteiger partial charge in [-0.05, 0) is 37.6 Å². The van der Waals surface area contributed by atoms with Crippen LogP contribution in [0.2, 0.25) is 0 Å². The maximum atomic E-state index is 4.81. The van der Waals surface area contributed by atoms with Crippen molar-refractivity contribution < 1.29 is 0 Å². The molecule has 0 atom stereocenters. The lowest BCUT2D eigenvalue weighted by Crippen LogP contribution is -2.20. The van der Waals surface area contributed by atoms with Crippen LogP contribution in [0.5, 0.6) is 0 Å². The summed E-state index contributed by atoms with van der Waals surface area (Å²) in [6.07, 6.45) is 2.26. The zero-order chi connectivity index (χ0) is 20.1. The Morgan fingerprint density at radius 1 is 1.00 bits per heavy atom. The van der Waals surface area contributed by atoms with E-state index in [2.05, 4.69) is 63.6 Å². The summed E-state index contributed by atoms with van der Waals surface area (Å²) in [4.78, 5) is 13.8. The van der Waals surface area contributed by atoms with E-state index in [1.807, 2.05) is 33.2 Å². The maximum absolute atomic E-state index is 4.81. The Balaban J connectivity index is 1.96. The number of rotatable bonds is 8. The van der Waals surface area contributed by atoms with Gasteiger partial charge in [0.05, 0.1) is 0 Å². The predicted octanol–water partition coefficient (Wildman–Crippen LogP) is 4.22. The highest BCUT2D eigenvalue weighted by atomic mass is 15.2. The molecule has 3 aromatic rings. The van der Waals surface area contributed by atoms with E-state index in [0.717, 1.165) is 53.8 Å². The molecule has 0 aliphatic carbocycles. The fourth-order valence-corrected chi connectivity index (χ4v) is 2.85. The number of aryl methyl sites for hydroxylation is 1. The molecule has 28 heavy (non-hydrogen) atoms. The van der Waals surface area contributed by atoms with E-state index in [9.17, 15) is 0 Å². The van der Waals surface area contributed by atoms with Gasteiger partial charge in [0.25, 0.3) is 0 Å². The second kappa shape index (κ2) is 8.73. The van der Waals surface area contributed by atoms with Gasteiger partial charge in [0.2, 0.25) is 0 Å². The molecule has 1 aromatic carbocycles. The minimum absolute atomic E-state index is 0.695. The minimum Gasteiger partial charge on any atom is -0.378 e. The SMILES string of the molecule is CCCCN(C)c1cc(Nc2cc(C)[nH]n2)nc(-c2ccc(N(C)C)cc2)n1. The Bertz CT molecular complexity index is 899. The summed E-state index contributed by atoms with van der Waals surface area (Å²) in [6.45, 7) is 5.12. The van der Waals surface area contributed by atoms with E-state index < -0.39 is 0 Å². The number of H-pyrrole nitrogens is 1. The number of nitrogens with one attached hydrogen (secondary N) is 2. The molecule has 148 valence electrons. The van der Waals surface area contributed by atoms with E-state index in [1.54, 1.807) is 0 Å². The van der Waals surface area contributed by atoms with E-state index in [0.29, 0.717) is 5.82 Å². The lowest BCUT2D eigenvalue weighted by atomic mass is 10.2. The number of anilines is 4. The lowest BCUT2D eigenvalue weighted by molar-refractivity contribution is 0.759. The molecule has 0 bridgehead atoms. The fourth-order valence-electron chi connectivity index (χ4n) is 2.85. The number of aromatic nitrogens is 4. The summed E-state index contributed by atoms with van der Waals surface area (Å²) < 4.78 is 0. The Hall–Kier alpha value is -3.09. The van der Waals surface area contributed by atoms with Crippen LogP contribution in [0.25, 0.3) is 11.4 Å². The lowest BCUT2D eigenvalue weighted by Gasteiger charge is -2.19. The molecule has 7 heteroatoms. The Morgan fingerprint density at radius 3 is 2.36 bits per heavy atom. The number of hydrogen-bond acceptors (Lipinski definition) is 6. The van der Waals surface area contributed by atoms with Gasteiger partial charge in [0.15, 0.2) is 11.6 Å². The van der Waals surface area contributed by atoms with Gasteiger partial charge in [-0.1, -0.05) is 13.3 Å². The summed E-state index contributed by atoms with van der Waals surface area (Å²) in [7, 11) is 6.13. The third-order valence-electron chi connectivity index (χ3n) is 4.55. The van der Waals surface area contributed by atoms with Gasteiger partial charge in [-0.2, -0.15) is 5.10 Å². The number of unbranched alkanes of at least 4 members (excludes halogenated alkanes) is 1. The van der Waals surface area contributed by atoms with Crippen molar-refractivity contribution in [2.45, 2.75) is 26.7 Å². The van der Waals surface area contributed by atoms with Crippen LogP contribution in [0.4, 0.5) is 23.1 Å². The first-order valence-electron chi connectivity index (χ1n) is 9.63. The molecule has 0 radical (unpaired) electrons. The van der Waals surface area contributed by atoms with Crippen molar-refractivity contribution in [1.82, 2.24) is 20.2 Å².